The quantitative estimate of drug-likeness (QED) is 0.637. The van der Waals surface area contributed by atoms with Crippen LogP contribution in [-0.4, -0.2) is 49.8 Å². The van der Waals surface area contributed by atoms with E-state index in [0.29, 0.717) is 12.8 Å². The topological polar surface area (TPSA) is 104 Å². The van der Waals surface area contributed by atoms with Crippen LogP contribution in [0.1, 0.15) is 33.1 Å². The highest BCUT2D eigenvalue weighted by Gasteiger charge is 2.26. The second-order valence-electron chi connectivity index (χ2n) is 6.67. The van der Waals surface area contributed by atoms with Crippen molar-refractivity contribution in [1.29, 1.82) is 0 Å². The molecule has 0 aliphatic rings. The third-order valence-electron chi connectivity index (χ3n) is 4.05. The van der Waals surface area contributed by atoms with Crippen LogP contribution in [0.2, 0.25) is 0 Å². The minimum atomic E-state index is -3.73. The molecule has 0 saturated heterocycles. The van der Waals surface area contributed by atoms with Crippen LogP contribution in [0.5, 0.6) is 0 Å². The van der Waals surface area contributed by atoms with Gasteiger partial charge >= 0.3 is 5.97 Å². The number of benzene rings is 1. The largest absolute Gasteiger partial charge is 0.481 e. The van der Waals surface area contributed by atoms with Gasteiger partial charge in [0.2, 0.25) is 15.9 Å². The number of nitrogens with zero attached hydrogens (tertiary/aromatic N) is 1. The number of halogens is 1. The molecule has 9 heteroatoms. The number of rotatable bonds is 10. The normalized spacial score (nSPS) is 12.2. The second kappa shape index (κ2) is 9.09. The molecule has 146 valence electrons. The number of carbonyl (C=O) groups is 2. The number of nitrogens with one attached hydrogen (secondary N) is 1. The fourth-order valence-corrected chi connectivity index (χ4v) is 3.29. The Morgan fingerprint density at radius 3 is 2.35 bits per heavy atom. The van der Waals surface area contributed by atoms with Gasteiger partial charge in [-0.3, -0.25) is 9.59 Å². The Labute approximate surface area is 153 Å². The molecule has 1 amide bonds. The van der Waals surface area contributed by atoms with E-state index in [0.717, 1.165) is 16.4 Å². The van der Waals surface area contributed by atoms with Gasteiger partial charge in [0, 0.05) is 26.6 Å². The molecule has 26 heavy (non-hydrogen) atoms. The Morgan fingerprint density at radius 1 is 1.23 bits per heavy atom. The van der Waals surface area contributed by atoms with E-state index < -0.39 is 27.2 Å². The first kappa shape index (κ1) is 22.0. The minimum Gasteiger partial charge on any atom is -0.481 e. The molecule has 0 spiro atoms. The lowest BCUT2D eigenvalue weighted by Gasteiger charge is -2.19. The van der Waals surface area contributed by atoms with Gasteiger partial charge in [0.15, 0.2) is 0 Å². The average molecular weight is 388 g/mol. The van der Waals surface area contributed by atoms with E-state index >= 15 is 0 Å². The molecule has 0 heterocycles. The highest BCUT2D eigenvalue weighted by Crippen LogP contribution is 2.19. The number of aliphatic carboxylic acids is 1. The van der Waals surface area contributed by atoms with Crippen LogP contribution in [0.4, 0.5) is 4.39 Å². The fourth-order valence-electron chi connectivity index (χ4n) is 2.08. The zero-order chi connectivity index (χ0) is 20.0. The lowest BCUT2D eigenvalue weighted by Crippen LogP contribution is -2.32. The minimum absolute atomic E-state index is 0.0123. The smallest absolute Gasteiger partial charge is 0.309 e. The fraction of sp³-hybridized carbons (Fsp3) is 0.529. The lowest BCUT2D eigenvalue weighted by molar-refractivity contribution is -0.147. The molecule has 1 aromatic carbocycles. The maximum absolute atomic E-state index is 12.9. The molecule has 0 radical (unpaired) electrons. The number of amides is 1. The molecule has 2 N–H and O–H groups in total. The van der Waals surface area contributed by atoms with Crippen molar-refractivity contribution in [2.24, 2.45) is 5.41 Å². The van der Waals surface area contributed by atoms with Gasteiger partial charge in [-0.1, -0.05) is 0 Å². The molecule has 0 atom stereocenters. The van der Waals surface area contributed by atoms with E-state index in [-0.39, 0.29) is 30.3 Å². The highest BCUT2D eigenvalue weighted by molar-refractivity contribution is 7.89. The maximum atomic E-state index is 12.9. The van der Waals surface area contributed by atoms with Crippen molar-refractivity contribution in [3.8, 4) is 0 Å². The van der Waals surface area contributed by atoms with Gasteiger partial charge < -0.3 is 10.4 Å². The van der Waals surface area contributed by atoms with E-state index in [4.69, 9.17) is 5.11 Å². The van der Waals surface area contributed by atoms with Gasteiger partial charge in [-0.2, -0.15) is 0 Å². The predicted molar refractivity (Wildman–Crippen MR) is 94.5 cm³/mol. The molecular formula is C17H25FN2O5S. The third-order valence-corrected chi connectivity index (χ3v) is 5.92. The van der Waals surface area contributed by atoms with Crippen LogP contribution < -0.4 is 5.32 Å². The van der Waals surface area contributed by atoms with Gasteiger partial charge in [-0.05, 0) is 51.0 Å². The van der Waals surface area contributed by atoms with Crippen molar-refractivity contribution in [3.63, 3.8) is 0 Å². The summed E-state index contributed by atoms with van der Waals surface area (Å²) in [5.74, 6) is -1.72. The molecule has 0 aromatic heterocycles. The Bertz CT molecular complexity index is 732. The average Bonchev–Trinajstić information content (AvgIpc) is 2.54. The van der Waals surface area contributed by atoms with Crippen molar-refractivity contribution < 1.29 is 27.5 Å². The number of carboxylic acids is 1. The summed E-state index contributed by atoms with van der Waals surface area (Å²) < 4.78 is 38.6. The lowest BCUT2D eigenvalue weighted by atomic mass is 9.90. The van der Waals surface area contributed by atoms with E-state index in [9.17, 15) is 22.4 Å². The third kappa shape index (κ3) is 6.38. The summed E-state index contributed by atoms with van der Waals surface area (Å²) in [7, 11) is -2.34. The van der Waals surface area contributed by atoms with Crippen molar-refractivity contribution in [1.82, 2.24) is 9.62 Å². The Balaban J connectivity index is 2.41. The number of hydrogen-bond acceptors (Lipinski definition) is 4. The standard InChI is InChI=1S/C17H25FN2O5S/c1-17(2,16(22)23)10-11-19-15(21)5-4-12-20(3)26(24,25)14-8-6-13(18)7-9-14/h6-9H,4-5,10-12H2,1-3H3,(H,19,21)(H,22,23). The first-order valence-corrected chi connectivity index (χ1v) is 9.63. The molecular weight excluding hydrogens is 363 g/mol. The molecule has 1 aromatic rings. The predicted octanol–water partition coefficient (Wildman–Crippen LogP) is 1.84. The van der Waals surface area contributed by atoms with E-state index in [1.54, 1.807) is 13.8 Å². The second-order valence-corrected chi connectivity index (χ2v) is 8.72. The summed E-state index contributed by atoms with van der Waals surface area (Å²) in [5.41, 5.74) is -0.920. The summed E-state index contributed by atoms with van der Waals surface area (Å²) in [4.78, 5) is 22.7. The SMILES string of the molecule is CN(CCCC(=O)NCCC(C)(C)C(=O)O)S(=O)(=O)c1ccc(F)cc1. The van der Waals surface area contributed by atoms with Crippen LogP contribution in [0.15, 0.2) is 29.2 Å². The summed E-state index contributed by atoms with van der Waals surface area (Å²) in [6.45, 7) is 3.53. The highest BCUT2D eigenvalue weighted by atomic mass is 32.2. The molecule has 7 nitrogen and oxygen atoms in total. The molecule has 0 bridgehead atoms. The van der Waals surface area contributed by atoms with Crippen molar-refractivity contribution in [2.45, 2.75) is 38.0 Å². The number of hydrogen-bond donors (Lipinski definition) is 2. The first-order valence-electron chi connectivity index (χ1n) is 8.19. The molecule has 0 fully saturated rings. The van der Waals surface area contributed by atoms with Crippen molar-refractivity contribution in [2.75, 3.05) is 20.1 Å². The van der Waals surface area contributed by atoms with Gasteiger partial charge in [0.25, 0.3) is 0 Å². The summed E-state index contributed by atoms with van der Waals surface area (Å²) in [6.07, 6.45) is 0.731. The van der Waals surface area contributed by atoms with Crippen LogP contribution in [0.25, 0.3) is 0 Å². The van der Waals surface area contributed by atoms with Crippen LogP contribution >= 0.6 is 0 Å². The van der Waals surface area contributed by atoms with Gasteiger partial charge in [-0.25, -0.2) is 17.1 Å². The monoisotopic (exact) mass is 388 g/mol. The molecule has 0 aliphatic carbocycles. The van der Waals surface area contributed by atoms with Crippen LogP contribution in [0.3, 0.4) is 0 Å². The molecule has 1 rings (SSSR count). The summed E-state index contributed by atoms with van der Waals surface area (Å²) >= 11 is 0. The number of carboxylic acid groups (broad SMARTS) is 1. The van der Waals surface area contributed by atoms with Gasteiger partial charge in [0.05, 0.1) is 10.3 Å². The zero-order valence-corrected chi connectivity index (χ0v) is 16.0. The Kier molecular flexibility index (Phi) is 7.70. The summed E-state index contributed by atoms with van der Waals surface area (Å²) in [5, 5.41) is 11.6. The first-order chi connectivity index (χ1) is 12.0. The van der Waals surface area contributed by atoms with Crippen LogP contribution in [0, 0.1) is 11.2 Å². The molecule has 0 saturated carbocycles. The zero-order valence-electron chi connectivity index (χ0n) is 15.2. The van der Waals surface area contributed by atoms with E-state index in [1.165, 1.54) is 19.2 Å². The van der Waals surface area contributed by atoms with E-state index in [1.807, 2.05) is 0 Å². The van der Waals surface area contributed by atoms with E-state index in [2.05, 4.69) is 5.32 Å². The molecule has 0 aliphatic heterocycles. The number of carbonyl (C=O) groups excluding carboxylic acids is 1. The summed E-state index contributed by atoms with van der Waals surface area (Å²) in [6, 6.07) is 4.54. The van der Waals surface area contributed by atoms with Gasteiger partial charge in [-0.15, -0.1) is 0 Å². The molecule has 0 unspecified atom stereocenters. The van der Waals surface area contributed by atoms with Crippen molar-refractivity contribution in [3.05, 3.63) is 30.1 Å². The number of sulfonamides is 1. The van der Waals surface area contributed by atoms with Crippen LogP contribution in [-0.2, 0) is 19.6 Å². The van der Waals surface area contributed by atoms with Crippen molar-refractivity contribution >= 4 is 21.9 Å². The Hall–Kier alpha value is -2.00. The van der Waals surface area contributed by atoms with Gasteiger partial charge in [0.1, 0.15) is 5.82 Å². The Morgan fingerprint density at radius 2 is 1.81 bits per heavy atom. The maximum Gasteiger partial charge on any atom is 0.309 e.